The zero-order chi connectivity index (χ0) is 34.1. The Morgan fingerprint density at radius 2 is 1.44 bits per heavy atom. The van der Waals surface area contributed by atoms with Crippen LogP contribution in [-0.4, -0.2) is 36.8 Å². The number of nitro groups is 1. The van der Waals surface area contributed by atoms with Gasteiger partial charge < -0.3 is 5.32 Å². The van der Waals surface area contributed by atoms with Gasteiger partial charge in [-0.25, -0.2) is 8.42 Å². The van der Waals surface area contributed by atoms with Crippen molar-refractivity contribution in [2.24, 2.45) is 0 Å². The van der Waals surface area contributed by atoms with Crippen molar-refractivity contribution in [1.82, 2.24) is 0 Å². The third-order valence-electron chi connectivity index (χ3n) is 7.53. The van der Waals surface area contributed by atoms with E-state index in [1.807, 2.05) is 49.4 Å². The highest BCUT2D eigenvalue weighted by Crippen LogP contribution is 2.37. The van der Waals surface area contributed by atoms with Crippen molar-refractivity contribution in [2.45, 2.75) is 34.8 Å². The van der Waals surface area contributed by atoms with Crippen molar-refractivity contribution in [2.75, 3.05) is 16.2 Å². The van der Waals surface area contributed by atoms with Crippen molar-refractivity contribution >= 4 is 50.5 Å². The number of nitrogens with zero attached hydrogens (tertiary/aromatic N) is 2. The highest BCUT2D eigenvalue weighted by molar-refractivity contribution is 8.01. The van der Waals surface area contributed by atoms with E-state index in [-0.39, 0.29) is 21.9 Å². The molecule has 244 valence electrons. The summed E-state index contributed by atoms with van der Waals surface area (Å²) in [6.07, 6.45) is 1.14. The van der Waals surface area contributed by atoms with Crippen LogP contribution in [0.25, 0.3) is 0 Å². The average molecular weight is 680 g/mol. The third-order valence-corrected chi connectivity index (χ3v) is 10.6. The van der Waals surface area contributed by atoms with E-state index >= 15 is 0 Å². The van der Waals surface area contributed by atoms with E-state index in [2.05, 4.69) is 5.32 Å². The SMILES string of the molecule is Cc1ccc(N(CCCc2ccccc2)S(=O)(=O)c2ccc(SC(C(=O)Nc3ccccc3)C(=O)c3ccccc3)c([N+](=O)[O-])c2)cc1. The number of benzene rings is 5. The number of nitrogens with one attached hydrogen (secondary N) is 1. The zero-order valence-corrected chi connectivity index (χ0v) is 27.7. The fraction of sp³-hybridized carbons (Fsp3) is 0.135. The number of para-hydroxylation sites is 1. The monoisotopic (exact) mass is 679 g/mol. The molecule has 0 fully saturated rings. The van der Waals surface area contributed by atoms with Crippen LogP contribution in [0, 0.1) is 17.0 Å². The van der Waals surface area contributed by atoms with Crippen LogP contribution >= 0.6 is 11.8 Å². The third kappa shape index (κ3) is 8.36. The summed E-state index contributed by atoms with van der Waals surface area (Å²) < 4.78 is 29.6. The van der Waals surface area contributed by atoms with Crippen LogP contribution in [-0.2, 0) is 21.2 Å². The van der Waals surface area contributed by atoms with Crippen LogP contribution in [0.5, 0.6) is 0 Å². The van der Waals surface area contributed by atoms with Crippen LogP contribution in [0.3, 0.4) is 0 Å². The summed E-state index contributed by atoms with van der Waals surface area (Å²) in [5.41, 5.74) is 2.62. The number of aryl methyl sites for hydroxylation is 2. The molecule has 0 aliphatic carbocycles. The molecule has 0 aliphatic rings. The number of sulfonamides is 1. The molecule has 9 nitrogen and oxygen atoms in total. The van der Waals surface area contributed by atoms with Crippen molar-refractivity contribution < 1.29 is 22.9 Å². The highest BCUT2D eigenvalue weighted by atomic mass is 32.2. The standard InChI is InChI=1S/C37H33N3O6S2/c1-27-19-21-31(22-20-27)39(25-11-14-28-12-5-2-6-13-28)48(45,46)32-23-24-34(33(26-32)40(43)44)47-36(35(41)29-15-7-3-8-16-29)37(42)38-30-17-9-4-10-18-30/h2-10,12-13,15-24,26,36H,11,14,25H2,1H3,(H,38,42). The summed E-state index contributed by atoms with van der Waals surface area (Å²) in [5.74, 6) is -1.22. The Morgan fingerprint density at radius 3 is 2.06 bits per heavy atom. The highest BCUT2D eigenvalue weighted by Gasteiger charge is 2.33. The number of thioether (sulfide) groups is 1. The fourth-order valence-corrected chi connectivity index (χ4v) is 7.62. The van der Waals surface area contributed by atoms with E-state index < -0.39 is 37.6 Å². The van der Waals surface area contributed by atoms with Gasteiger partial charge in [0.15, 0.2) is 11.0 Å². The van der Waals surface area contributed by atoms with E-state index in [0.29, 0.717) is 36.0 Å². The molecule has 1 amide bonds. The molecule has 5 rings (SSSR count). The van der Waals surface area contributed by atoms with E-state index in [0.717, 1.165) is 17.2 Å². The molecule has 1 unspecified atom stereocenters. The zero-order valence-electron chi connectivity index (χ0n) is 26.1. The van der Waals surface area contributed by atoms with Gasteiger partial charge in [-0.05, 0) is 61.7 Å². The van der Waals surface area contributed by atoms with Gasteiger partial charge in [-0.2, -0.15) is 0 Å². The molecular weight excluding hydrogens is 647 g/mol. The summed E-state index contributed by atoms with van der Waals surface area (Å²) in [6, 6.07) is 37.0. The second kappa shape index (κ2) is 15.6. The van der Waals surface area contributed by atoms with Gasteiger partial charge in [0, 0.05) is 23.9 Å². The lowest BCUT2D eigenvalue weighted by Crippen LogP contribution is -2.33. The summed E-state index contributed by atoms with van der Waals surface area (Å²) in [6.45, 7) is 2.03. The van der Waals surface area contributed by atoms with Crippen LogP contribution in [0.2, 0.25) is 0 Å². The number of hydrogen-bond donors (Lipinski definition) is 1. The van der Waals surface area contributed by atoms with Crippen molar-refractivity contribution in [3.05, 3.63) is 160 Å². The Hall–Kier alpha value is -5.26. The van der Waals surface area contributed by atoms with Gasteiger partial charge in [-0.3, -0.25) is 24.0 Å². The maximum absolute atomic E-state index is 14.2. The lowest BCUT2D eigenvalue weighted by Gasteiger charge is -2.25. The molecule has 0 aromatic heterocycles. The second-order valence-electron chi connectivity index (χ2n) is 11.0. The Labute approximate surface area is 283 Å². The molecule has 48 heavy (non-hydrogen) atoms. The Bertz CT molecular complexity index is 1990. The minimum absolute atomic E-state index is 0.0255. The van der Waals surface area contributed by atoms with Gasteiger partial charge in [0.25, 0.3) is 15.7 Å². The van der Waals surface area contributed by atoms with E-state index in [9.17, 15) is 28.1 Å². The van der Waals surface area contributed by atoms with Crippen molar-refractivity contribution in [3.8, 4) is 0 Å². The summed E-state index contributed by atoms with van der Waals surface area (Å²) in [5, 5.41) is 13.7. The minimum Gasteiger partial charge on any atom is -0.325 e. The Balaban J connectivity index is 1.48. The molecule has 0 saturated carbocycles. The van der Waals surface area contributed by atoms with E-state index in [1.54, 1.807) is 72.8 Å². The molecule has 0 spiro atoms. The molecule has 1 N–H and O–H groups in total. The Morgan fingerprint density at radius 1 is 0.833 bits per heavy atom. The van der Waals surface area contributed by atoms with Crippen molar-refractivity contribution in [1.29, 1.82) is 0 Å². The number of carbonyl (C=O) groups excluding carboxylic acids is 2. The smallest absolute Gasteiger partial charge is 0.284 e. The first-order valence-corrected chi connectivity index (χ1v) is 17.5. The maximum atomic E-state index is 14.2. The normalized spacial score (nSPS) is 11.8. The van der Waals surface area contributed by atoms with Crippen molar-refractivity contribution in [3.63, 3.8) is 0 Å². The number of ketones is 1. The molecule has 11 heteroatoms. The topological polar surface area (TPSA) is 127 Å². The minimum atomic E-state index is -4.27. The summed E-state index contributed by atoms with van der Waals surface area (Å²) in [7, 11) is -4.27. The lowest BCUT2D eigenvalue weighted by atomic mass is 10.1. The van der Waals surface area contributed by atoms with Crippen LogP contribution in [0.15, 0.2) is 143 Å². The Kier molecular flexibility index (Phi) is 11.0. The maximum Gasteiger partial charge on any atom is 0.284 e. The molecule has 0 bridgehead atoms. The molecule has 1 atom stereocenters. The first-order chi connectivity index (χ1) is 23.1. The van der Waals surface area contributed by atoms with Gasteiger partial charge in [-0.15, -0.1) is 0 Å². The number of Topliss-reactive ketones (excluding diaryl/α,β-unsaturated/α-hetero) is 1. The summed E-state index contributed by atoms with van der Waals surface area (Å²) >= 11 is 0.699. The van der Waals surface area contributed by atoms with Gasteiger partial charge >= 0.3 is 0 Å². The lowest BCUT2D eigenvalue weighted by molar-refractivity contribution is -0.388. The predicted octanol–water partition coefficient (Wildman–Crippen LogP) is 7.71. The molecule has 0 heterocycles. The predicted molar refractivity (Wildman–Crippen MR) is 189 cm³/mol. The van der Waals surface area contributed by atoms with Crippen LogP contribution < -0.4 is 9.62 Å². The van der Waals surface area contributed by atoms with Gasteiger partial charge in [0.2, 0.25) is 5.91 Å². The van der Waals surface area contributed by atoms with Gasteiger partial charge in [0.05, 0.1) is 20.4 Å². The number of carbonyl (C=O) groups is 2. The van der Waals surface area contributed by atoms with Crippen LogP contribution in [0.1, 0.15) is 27.9 Å². The fourth-order valence-electron chi connectivity index (χ4n) is 5.03. The second-order valence-corrected chi connectivity index (χ2v) is 14.0. The quantitative estimate of drug-likeness (QED) is 0.0419. The van der Waals surface area contributed by atoms with Gasteiger partial charge in [0.1, 0.15) is 0 Å². The number of hydrogen-bond acceptors (Lipinski definition) is 7. The molecular formula is C37H33N3O6S2. The first-order valence-electron chi connectivity index (χ1n) is 15.2. The van der Waals surface area contributed by atoms with Gasteiger partial charge in [-0.1, -0.05) is 108 Å². The average Bonchev–Trinajstić information content (AvgIpc) is 3.10. The molecule has 5 aromatic carbocycles. The number of nitro benzene ring substituents is 1. The number of anilines is 2. The molecule has 0 aliphatic heterocycles. The largest absolute Gasteiger partial charge is 0.325 e. The van der Waals surface area contributed by atoms with Crippen LogP contribution in [0.4, 0.5) is 17.1 Å². The molecule has 0 saturated heterocycles. The number of amides is 1. The molecule has 0 radical (unpaired) electrons. The molecule has 5 aromatic rings. The first kappa shape index (κ1) is 34.1. The van der Waals surface area contributed by atoms with E-state index in [4.69, 9.17) is 0 Å². The van der Waals surface area contributed by atoms with E-state index in [1.165, 1.54) is 16.4 Å². The summed E-state index contributed by atoms with van der Waals surface area (Å²) in [4.78, 5) is 38.5. The number of rotatable bonds is 14.